The summed E-state index contributed by atoms with van der Waals surface area (Å²) in [5.41, 5.74) is 7.41. The zero-order valence-corrected chi connectivity index (χ0v) is 7.76. The molecule has 0 spiro atoms. The molecule has 0 fully saturated rings. The van der Waals surface area contributed by atoms with E-state index in [-0.39, 0.29) is 0 Å². The van der Waals surface area contributed by atoms with Crippen molar-refractivity contribution >= 4 is 0 Å². The highest BCUT2D eigenvalue weighted by molar-refractivity contribution is 5.44. The van der Waals surface area contributed by atoms with Crippen LogP contribution in [-0.4, -0.2) is 18.1 Å². The van der Waals surface area contributed by atoms with Crippen LogP contribution in [0, 0.1) is 0 Å². The van der Waals surface area contributed by atoms with Gasteiger partial charge in [-0.1, -0.05) is 23.8 Å². The zero-order chi connectivity index (χ0) is 8.72. The fraction of sp³-hybridized carbons (Fsp3) is 0.400. The summed E-state index contributed by atoms with van der Waals surface area (Å²) in [6, 6.07) is 0.402. The maximum Gasteiger partial charge on any atom is 0.0713 e. The van der Waals surface area contributed by atoms with Gasteiger partial charge in [0, 0.05) is 12.7 Å². The first-order valence-corrected chi connectivity index (χ1v) is 4.25. The first-order chi connectivity index (χ1) is 5.68. The van der Waals surface area contributed by atoms with Crippen LogP contribution in [0.1, 0.15) is 13.8 Å². The van der Waals surface area contributed by atoms with Gasteiger partial charge in [0.1, 0.15) is 0 Å². The van der Waals surface area contributed by atoms with E-state index in [0.717, 1.165) is 0 Å². The third kappa shape index (κ3) is 0.994. The van der Waals surface area contributed by atoms with Crippen molar-refractivity contribution in [2.45, 2.75) is 19.9 Å². The lowest BCUT2D eigenvalue weighted by molar-refractivity contribution is 0.325. The van der Waals surface area contributed by atoms with Gasteiger partial charge in [-0.2, -0.15) is 0 Å². The standard InChI is InChI=1S/C10H14N2/c1-7-4-5-10-9(6-7)8(2)12(3)11-10/h4-6,10-11H,1-3H3. The molecule has 0 saturated heterocycles. The largest absolute Gasteiger partial charge is 0.315 e. The van der Waals surface area contributed by atoms with Gasteiger partial charge in [0.25, 0.3) is 0 Å². The summed E-state index contributed by atoms with van der Waals surface area (Å²) in [6.07, 6.45) is 6.61. The Hall–Kier alpha value is -1.02. The third-order valence-corrected chi connectivity index (χ3v) is 2.52. The molecule has 2 rings (SSSR count). The molecule has 12 heavy (non-hydrogen) atoms. The van der Waals surface area contributed by atoms with Crippen LogP contribution in [0.3, 0.4) is 0 Å². The first-order valence-electron chi connectivity index (χ1n) is 4.25. The summed E-state index contributed by atoms with van der Waals surface area (Å²) in [5, 5.41) is 2.08. The molecule has 2 nitrogen and oxygen atoms in total. The minimum Gasteiger partial charge on any atom is -0.315 e. The molecule has 64 valence electrons. The summed E-state index contributed by atoms with van der Waals surface area (Å²) in [5.74, 6) is 0. The van der Waals surface area contributed by atoms with E-state index in [2.05, 4.69) is 49.6 Å². The molecule has 0 aromatic carbocycles. The molecule has 1 N–H and O–H groups in total. The monoisotopic (exact) mass is 162 g/mol. The van der Waals surface area contributed by atoms with Crippen LogP contribution in [0.5, 0.6) is 0 Å². The molecule has 2 aliphatic rings. The minimum absolute atomic E-state index is 0.402. The number of rotatable bonds is 0. The lowest BCUT2D eigenvalue weighted by Crippen LogP contribution is -2.33. The van der Waals surface area contributed by atoms with Crippen molar-refractivity contribution in [3.05, 3.63) is 35.1 Å². The molecule has 0 aromatic rings. The Morgan fingerprint density at radius 2 is 2.17 bits per heavy atom. The Labute approximate surface area is 73.2 Å². The quantitative estimate of drug-likeness (QED) is 0.582. The maximum atomic E-state index is 3.35. The second kappa shape index (κ2) is 2.49. The van der Waals surface area contributed by atoms with E-state index < -0.39 is 0 Å². The van der Waals surface area contributed by atoms with Crippen LogP contribution >= 0.6 is 0 Å². The van der Waals surface area contributed by atoms with E-state index in [1.54, 1.807) is 0 Å². The van der Waals surface area contributed by atoms with E-state index in [4.69, 9.17) is 0 Å². The summed E-state index contributed by atoms with van der Waals surface area (Å²) in [4.78, 5) is 0. The molecule has 1 unspecified atom stereocenters. The fourth-order valence-corrected chi connectivity index (χ4v) is 1.68. The number of hydrogen-bond donors (Lipinski definition) is 1. The van der Waals surface area contributed by atoms with Gasteiger partial charge in [0.05, 0.1) is 6.04 Å². The second-order valence-electron chi connectivity index (χ2n) is 3.45. The Kier molecular flexibility index (Phi) is 1.58. The Morgan fingerprint density at radius 1 is 1.42 bits per heavy atom. The van der Waals surface area contributed by atoms with Crippen molar-refractivity contribution in [2.24, 2.45) is 0 Å². The van der Waals surface area contributed by atoms with Crippen LogP contribution in [-0.2, 0) is 0 Å². The highest BCUT2D eigenvalue weighted by Crippen LogP contribution is 2.25. The Bertz CT molecular complexity index is 297. The summed E-state index contributed by atoms with van der Waals surface area (Å²) in [7, 11) is 2.05. The van der Waals surface area contributed by atoms with Crippen molar-refractivity contribution in [3.63, 3.8) is 0 Å². The van der Waals surface area contributed by atoms with Crippen molar-refractivity contribution in [1.82, 2.24) is 10.4 Å². The highest BCUT2D eigenvalue weighted by atomic mass is 15.5. The number of nitrogens with one attached hydrogen (secondary N) is 1. The van der Waals surface area contributed by atoms with Gasteiger partial charge in [-0.05, 0) is 19.4 Å². The topological polar surface area (TPSA) is 15.3 Å². The average Bonchev–Trinajstić information content (AvgIpc) is 2.31. The van der Waals surface area contributed by atoms with E-state index in [0.29, 0.717) is 6.04 Å². The molecule has 1 atom stereocenters. The first kappa shape index (κ1) is 7.62. The molecular formula is C10H14N2. The fourth-order valence-electron chi connectivity index (χ4n) is 1.68. The van der Waals surface area contributed by atoms with E-state index in [9.17, 15) is 0 Å². The van der Waals surface area contributed by atoms with Crippen molar-refractivity contribution in [1.29, 1.82) is 0 Å². The zero-order valence-electron chi connectivity index (χ0n) is 7.76. The van der Waals surface area contributed by atoms with Gasteiger partial charge in [0.15, 0.2) is 0 Å². The van der Waals surface area contributed by atoms with Gasteiger partial charge in [-0.3, -0.25) is 0 Å². The second-order valence-corrected chi connectivity index (χ2v) is 3.45. The van der Waals surface area contributed by atoms with Crippen LogP contribution in [0.25, 0.3) is 0 Å². The molecule has 1 heterocycles. The highest BCUT2D eigenvalue weighted by Gasteiger charge is 2.24. The molecule has 0 saturated carbocycles. The van der Waals surface area contributed by atoms with Gasteiger partial charge < -0.3 is 5.01 Å². The number of hydrogen-bond acceptors (Lipinski definition) is 2. The lowest BCUT2D eigenvalue weighted by Gasteiger charge is -2.15. The summed E-state index contributed by atoms with van der Waals surface area (Å²) < 4.78 is 0. The molecule has 1 aliphatic heterocycles. The van der Waals surface area contributed by atoms with Crippen LogP contribution < -0.4 is 5.43 Å². The van der Waals surface area contributed by atoms with Crippen molar-refractivity contribution < 1.29 is 0 Å². The molecular weight excluding hydrogens is 148 g/mol. The number of hydrazine groups is 1. The number of nitrogens with zero attached hydrogens (tertiary/aromatic N) is 1. The Morgan fingerprint density at radius 3 is 2.92 bits per heavy atom. The summed E-state index contributed by atoms with van der Waals surface area (Å²) >= 11 is 0. The van der Waals surface area contributed by atoms with Gasteiger partial charge in [-0.25, -0.2) is 5.43 Å². The smallest absolute Gasteiger partial charge is 0.0713 e. The molecule has 0 amide bonds. The molecule has 0 radical (unpaired) electrons. The molecule has 0 bridgehead atoms. The van der Waals surface area contributed by atoms with Gasteiger partial charge in [-0.15, -0.1) is 0 Å². The maximum absolute atomic E-state index is 3.35. The van der Waals surface area contributed by atoms with Crippen molar-refractivity contribution in [2.75, 3.05) is 7.05 Å². The third-order valence-electron chi connectivity index (χ3n) is 2.52. The predicted octanol–water partition coefficient (Wildman–Crippen LogP) is 1.60. The molecule has 1 aliphatic carbocycles. The summed E-state index contributed by atoms with van der Waals surface area (Å²) in [6.45, 7) is 4.27. The number of fused-ring (bicyclic) bond motifs is 1. The van der Waals surface area contributed by atoms with Crippen molar-refractivity contribution in [3.8, 4) is 0 Å². The van der Waals surface area contributed by atoms with E-state index in [1.165, 1.54) is 16.8 Å². The van der Waals surface area contributed by atoms with E-state index >= 15 is 0 Å². The normalized spacial score (nSPS) is 27.8. The van der Waals surface area contributed by atoms with Crippen LogP contribution in [0.2, 0.25) is 0 Å². The number of allylic oxidation sites excluding steroid dienone is 3. The molecule has 2 heteroatoms. The Balaban J connectivity index is 2.41. The molecule has 0 aromatic heterocycles. The SMILES string of the molecule is CC1=CC2=C(C)N(C)NC2C=C1. The lowest BCUT2D eigenvalue weighted by atomic mass is 9.98. The van der Waals surface area contributed by atoms with Gasteiger partial charge in [0.2, 0.25) is 0 Å². The van der Waals surface area contributed by atoms with Gasteiger partial charge >= 0.3 is 0 Å². The van der Waals surface area contributed by atoms with Crippen LogP contribution in [0.4, 0.5) is 0 Å². The van der Waals surface area contributed by atoms with Crippen LogP contribution in [0.15, 0.2) is 35.1 Å². The predicted molar refractivity (Wildman–Crippen MR) is 50.3 cm³/mol. The van der Waals surface area contributed by atoms with E-state index in [1.807, 2.05) is 0 Å². The average molecular weight is 162 g/mol. The minimum atomic E-state index is 0.402.